The Kier molecular flexibility index (Phi) is 5.45. The molecular formula is C21H21NO5. The van der Waals surface area contributed by atoms with Crippen molar-refractivity contribution in [1.29, 1.82) is 0 Å². The largest absolute Gasteiger partial charge is 0.497 e. The number of rotatable bonds is 6. The summed E-state index contributed by atoms with van der Waals surface area (Å²) in [5.74, 6) is 0.998. The van der Waals surface area contributed by atoms with Gasteiger partial charge in [0.25, 0.3) is 5.91 Å². The Morgan fingerprint density at radius 1 is 1.15 bits per heavy atom. The third-order valence-electron chi connectivity index (χ3n) is 4.30. The van der Waals surface area contributed by atoms with E-state index < -0.39 is 5.63 Å². The van der Waals surface area contributed by atoms with Gasteiger partial charge < -0.3 is 19.2 Å². The first kappa shape index (κ1) is 18.5. The number of fused-ring (bicyclic) bond motifs is 1. The van der Waals surface area contributed by atoms with E-state index in [0.717, 1.165) is 22.3 Å². The molecule has 3 aromatic rings. The zero-order valence-electron chi connectivity index (χ0n) is 15.5. The number of benzene rings is 2. The predicted octanol–water partition coefficient (Wildman–Crippen LogP) is 3.11. The highest BCUT2D eigenvalue weighted by Gasteiger charge is 2.11. The van der Waals surface area contributed by atoms with Crippen LogP contribution in [0, 0.1) is 13.8 Å². The van der Waals surface area contributed by atoms with Crippen LogP contribution in [0.1, 0.15) is 16.7 Å². The number of hydrogen-bond acceptors (Lipinski definition) is 5. The van der Waals surface area contributed by atoms with Crippen molar-refractivity contribution < 1.29 is 18.7 Å². The summed E-state index contributed by atoms with van der Waals surface area (Å²) in [5, 5.41) is 3.65. The fraction of sp³-hybridized carbons (Fsp3) is 0.238. The monoisotopic (exact) mass is 367 g/mol. The van der Waals surface area contributed by atoms with Gasteiger partial charge in [-0.3, -0.25) is 4.79 Å². The number of nitrogens with one attached hydrogen (secondary N) is 1. The molecule has 1 amide bonds. The molecule has 6 heteroatoms. The van der Waals surface area contributed by atoms with Crippen molar-refractivity contribution in [2.24, 2.45) is 0 Å². The lowest BCUT2D eigenvalue weighted by atomic mass is 10.1. The summed E-state index contributed by atoms with van der Waals surface area (Å²) in [6.45, 7) is 3.90. The molecule has 0 fully saturated rings. The molecule has 0 aliphatic carbocycles. The van der Waals surface area contributed by atoms with Crippen LogP contribution in [-0.2, 0) is 11.3 Å². The molecule has 0 spiro atoms. The van der Waals surface area contributed by atoms with Crippen LogP contribution in [0.2, 0.25) is 0 Å². The van der Waals surface area contributed by atoms with E-state index in [2.05, 4.69) is 5.32 Å². The highest BCUT2D eigenvalue weighted by molar-refractivity contribution is 5.85. The van der Waals surface area contributed by atoms with Crippen LogP contribution in [0.15, 0.2) is 51.7 Å². The molecule has 0 unspecified atom stereocenters. The first-order valence-electron chi connectivity index (χ1n) is 8.54. The van der Waals surface area contributed by atoms with E-state index in [-0.39, 0.29) is 12.5 Å². The van der Waals surface area contributed by atoms with Gasteiger partial charge in [-0.05, 0) is 49.2 Å². The third kappa shape index (κ3) is 4.28. The Morgan fingerprint density at radius 3 is 2.74 bits per heavy atom. The molecule has 1 N–H and O–H groups in total. The zero-order valence-corrected chi connectivity index (χ0v) is 15.5. The molecule has 140 valence electrons. The van der Waals surface area contributed by atoms with Crippen LogP contribution < -0.4 is 20.4 Å². The highest BCUT2D eigenvalue weighted by atomic mass is 16.5. The lowest BCUT2D eigenvalue weighted by Crippen LogP contribution is -2.28. The van der Waals surface area contributed by atoms with Crippen molar-refractivity contribution >= 4 is 16.9 Å². The van der Waals surface area contributed by atoms with E-state index in [0.29, 0.717) is 23.4 Å². The number of amides is 1. The minimum absolute atomic E-state index is 0.133. The van der Waals surface area contributed by atoms with Crippen molar-refractivity contribution in [1.82, 2.24) is 5.32 Å². The second kappa shape index (κ2) is 7.95. The van der Waals surface area contributed by atoms with Crippen LogP contribution in [-0.4, -0.2) is 19.6 Å². The van der Waals surface area contributed by atoms with Gasteiger partial charge in [-0.25, -0.2) is 4.79 Å². The van der Waals surface area contributed by atoms with Crippen molar-refractivity contribution in [2.75, 3.05) is 13.7 Å². The average molecular weight is 367 g/mol. The van der Waals surface area contributed by atoms with Gasteiger partial charge >= 0.3 is 5.63 Å². The topological polar surface area (TPSA) is 77.8 Å². The maximum Gasteiger partial charge on any atom is 0.336 e. The standard InChI is InChI=1S/C21H21NO5/c1-13-9-20(24)27-21-14(2)18(8-7-17(13)21)26-12-19(23)22-11-15-5-4-6-16(10-15)25-3/h4-10H,11-12H2,1-3H3,(H,22,23). The number of hydrogen-bond donors (Lipinski definition) is 1. The number of aryl methyl sites for hydroxylation is 2. The summed E-state index contributed by atoms with van der Waals surface area (Å²) in [4.78, 5) is 23.7. The molecule has 0 atom stereocenters. The minimum Gasteiger partial charge on any atom is -0.497 e. The van der Waals surface area contributed by atoms with Gasteiger partial charge in [-0.2, -0.15) is 0 Å². The smallest absolute Gasteiger partial charge is 0.336 e. The van der Waals surface area contributed by atoms with E-state index in [1.807, 2.05) is 37.3 Å². The number of ether oxygens (including phenoxy) is 2. The van der Waals surface area contributed by atoms with E-state index in [9.17, 15) is 9.59 Å². The normalized spacial score (nSPS) is 10.6. The van der Waals surface area contributed by atoms with Crippen LogP contribution in [0.4, 0.5) is 0 Å². The van der Waals surface area contributed by atoms with Crippen molar-refractivity contribution in [2.45, 2.75) is 20.4 Å². The fourth-order valence-electron chi connectivity index (χ4n) is 2.83. The summed E-state index contributed by atoms with van der Waals surface area (Å²) in [5.41, 5.74) is 2.54. The first-order valence-corrected chi connectivity index (χ1v) is 8.54. The van der Waals surface area contributed by atoms with Gasteiger partial charge in [0, 0.05) is 23.6 Å². The Hall–Kier alpha value is -3.28. The maximum absolute atomic E-state index is 12.1. The summed E-state index contributed by atoms with van der Waals surface area (Å²) in [6, 6.07) is 12.5. The zero-order chi connectivity index (χ0) is 19.4. The van der Waals surface area contributed by atoms with Crippen LogP contribution in [0.25, 0.3) is 11.0 Å². The maximum atomic E-state index is 12.1. The van der Waals surface area contributed by atoms with Gasteiger partial charge in [0.15, 0.2) is 6.61 Å². The molecule has 1 aromatic heterocycles. The van der Waals surface area contributed by atoms with Crippen molar-refractivity contribution in [3.05, 3.63) is 69.6 Å². The van der Waals surface area contributed by atoms with Gasteiger partial charge in [0.05, 0.1) is 7.11 Å². The first-order chi connectivity index (χ1) is 13.0. The van der Waals surface area contributed by atoms with Gasteiger partial charge in [0.2, 0.25) is 0 Å². The van der Waals surface area contributed by atoms with Gasteiger partial charge in [-0.1, -0.05) is 12.1 Å². The summed E-state index contributed by atoms with van der Waals surface area (Å²) < 4.78 is 16.1. The van der Waals surface area contributed by atoms with Gasteiger partial charge in [0.1, 0.15) is 17.1 Å². The molecular weight excluding hydrogens is 346 g/mol. The molecule has 27 heavy (non-hydrogen) atoms. The van der Waals surface area contributed by atoms with E-state index in [1.54, 1.807) is 20.1 Å². The average Bonchev–Trinajstić information content (AvgIpc) is 2.66. The Balaban J connectivity index is 1.65. The van der Waals surface area contributed by atoms with Crippen molar-refractivity contribution in [3.63, 3.8) is 0 Å². The van der Waals surface area contributed by atoms with Crippen LogP contribution in [0.3, 0.4) is 0 Å². The number of methoxy groups -OCH3 is 1. The molecule has 6 nitrogen and oxygen atoms in total. The number of carbonyl (C=O) groups is 1. The van der Waals surface area contributed by atoms with Crippen molar-refractivity contribution in [3.8, 4) is 11.5 Å². The Bertz CT molecular complexity index is 1040. The quantitative estimate of drug-likeness (QED) is 0.678. The summed E-state index contributed by atoms with van der Waals surface area (Å²) in [7, 11) is 1.60. The second-order valence-corrected chi connectivity index (χ2v) is 6.23. The summed E-state index contributed by atoms with van der Waals surface area (Å²) >= 11 is 0. The fourth-order valence-corrected chi connectivity index (χ4v) is 2.83. The molecule has 0 saturated heterocycles. The second-order valence-electron chi connectivity index (χ2n) is 6.23. The number of carbonyl (C=O) groups excluding carboxylic acids is 1. The molecule has 0 radical (unpaired) electrons. The van der Waals surface area contributed by atoms with Crippen LogP contribution in [0.5, 0.6) is 11.5 Å². The lowest BCUT2D eigenvalue weighted by molar-refractivity contribution is -0.123. The van der Waals surface area contributed by atoms with E-state index >= 15 is 0 Å². The molecule has 2 aromatic carbocycles. The SMILES string of the molecule is COc1cccc(CNC(=O)COc2ccc3c(C)cc(=O)oc3c2C)c1. The Morgan fingerprint density at radius 2 is 1.96 bits per heavy atom. The molecule has 0 bridgehead atoms. The lowest BCUT2D eigenvalue weighted by Gasteiger charge is -2.12. The Labute approximate surface area is 156 Å². The summed E-state index contributed by atoms with van der Waals surface area (Å²) in [6.07, 6.45) is 0. The highest BCUT2D eigenvalue weighted by Crippen LogP contribution is 2.28. The molecule has 1 heterocycles. The van der Waals surface area contributed by atoms with E-state index in [4.69, 9.17) is 13.9 Å². The minimum atomic E-state index is -0.406. The molecule has 0 aliphatic rings. The molecule has 0 aliphatic heterocycles. The third-order valence-corrected chi connectivity index (χ3v) is 4.30. The molecule has 0 saturated carbocycles. The van der Waals surface area contributed by atoms with E-state index in [1.165, 1.54) is 6.07 Å². The molecule has 3 rings (SSSR count). The predicted molar refractivity (Wildman–Crippen MR) is 102 cm³/mol. The van der Waals surface area contributed by atoms with Gasteiger partial charge in [-0.15, -0.1) is 0 Å². The van der Waals surface area contributed by atoms with Crippen LogP contribution >= 0.6 is 0 Å².